The van der Waals surface area contributed by atoms with Crippen LogP contribution >= 0.6 is 0 Å². The van der Waals surface area contributed by atoms with Crippen LogP contribution in [-0.2, 0) is 10.8 Å². The van der Waals surface area contributed by atoms with Gasteiger partial charge in [-0.1, -0.05) is 260 Å². The van der Waals surface area contributed by atoms with Crippen molar-refractivity contribution in [3.63, 3.8) is 0 Å². The summed E-state index contributed by atoms with van der Waals surface area (Å²) in [5.74, 6) is 0. The summed E-state index contributed by atoms with van der Waals surface area (Å²) in [5.41, 5.74) is 20.1. The molecule has 0 saturated heterocycles. The maximum atomic E-state index is 2.55. The molecule has 0 fully saturated rings. The van der Waals surface area contributed by atoms with E-state index in [4.69, 9.17) is 0 Å². The van der Waals surface area contributed by atoms with E-state index < -0.39 is 0 Å². The van der Waals surface area contributed by atoms with Crippen molar-refractivity contribution in [1.82, 2.24) is 0 Å². The first-order valence-corrected chi connectivity index (χ1v) is 23.6. The largest absolute Gasteiger partial charge is 0.309 e. The maximum absolute atomic E-state index is 2.55. The van der Waals surface area contributed by atoms with Crippen LogP contribution in [0.15, 0.2) is 237 Å². The topological polar surface area (TPSA) is 3.24 Å². The summed E-state index contributed by atoms with van der Waals surface area (Å²) in [5, 5.41) is 2.45. The van der Waals surface area contributed by atoms with Crippen LogP contribution in [0.4, 0.5) is 17.1 Å². The third kappa shape index (κ3) is 8.50. The fourth-order valence-electron chi connectivity index (χ4n) is 9.71. The molecule has 10 aromatic rings. The van der Waals surface area contributed by atoms with Crippen LogP contribution in [0.3, 0.4) is 0 Å². The number of para-hydroxylation sites is 3. The smallest absolute Gasteiger partial charge is 0.0540 e. The second-order valence-corrected chi connectivity index (χ2v) is 19.7. The van der Waals surface area contributed by atoms with E-state index in [0.717, 1.165) is 28.2 Å². The van der Waals surface area contributed by atoms with Crippen molar-refractivity contribution in [1.29, 1.82) is 0 Å². The highest BCUT2D eigenvalue weighted by Gasteiger charge is 2.27. The predicted molar refractivity (Wildman–Crippen MR) is 289 cm³/mol. The van der Waals surface area contributed by atoms with Crippen LogP contribution in [0, 0.1) is 0 Å². The Balaban J connectivity index is 1.28. The molecule has 0 aliphatic heterocycles. The molecule has 10 rings (SSSR count). The van der Waals surface area contributed by atoms with Crippen molar-refractivity contribution in [3.8, 4) is 66.8 Å². The van der Waals surface area contributed by atoms with Crippen LogP contribution < -0.4 is 4.90 Å². The molecule has 0 bridgehead atoms. The van der Waals surface area contributed by atoms with Gasteiger partial charge in [-0.3, -0.25) is 0 Å². The lowest BCUT2D eigenvalue weighted by molar-refractivity contribution is 0.569. The fraction of sp³-hybridized carbons (Fsp3) is 0.121. The van der Waals surface area contributed by atoms with Crippen molar-refractivity contribution < 1.29 is 0 Å². The van der Waals surface area contributed by atoms with Crippen molar-refractivity contribution in [3.05, 3.63) is 248 Å². The average molecular weight is 864 g/mol. The molecule has 0 heterocycles. The summed E-state index contributed by atoms with van der Waals surface area (Å²) in [6, 6.07) is 87.1. The fourth-order valence-corrected chi connectivity index (χ4v) is 9.71. The Kier molecular flexibility index (Phi) is 11.5. The maximum Gasteiger partial charge on any atom is 0.0540 e. The van der Waals surface area contributed by atoms with E-state index in [1.165, 1.54) is 77.5 Å². The quantitative estimate of drug-likeness (QED) is 0.140. The van der Waals surface area contributed by atoms with Gasteiger partial charge in [0.1, 0.15) is 0 Å². The highest BCUT2D eigenvalue weighted by molar-refractivity contribution is 6.10. The van der Waals surface area contributed by atoms with E-state index >= 15 is 0 Å². The lowest BCUT2D eigenvalue weighted by Gasteiger charge is -2.33. The van der Waals surface area contributed by atoms with Gasteiger partial charge in [-0.25, -0.2) is 0 Å². The Morgan fingerprint density at radius 2 is 0.597 bits per heavy atom. The summed E-state index contributed by atoms with van der Waals surface area (Å²) >= 11 is 0. The third-order valence-corrected chi connectivity index (χ3v) is 13.2. The van der Waals surface area contributed by atoms with Crippen molar-refractivity contribution in [2.45, 2.75) is 52.4 Å². The van der Waals surface area contributed by atoms with Gasteiger partial charge in [-0.2, -0.15) is 0 Å². The number of hydrogen-bond acceptors (Lipinski definition) is 1. The van der Waals surface area contributed by atoms with E-state index in [1.807, 2.05) is 0 Å². The number of anilines is 3. The Labute approximate surface area is 397 Å². The molecule has 0 aromatic heterocycles. The van der Waals surface area contributed by atoms with E-state index in [2.05, 4.69) is 283 Å². The van der Waals surface area contributed by atoms with Gasteiger partial charge in [-0.05, 0) is 101 Å². The molecule has 0 N–H and O–H groups in total. The van der Waals surface area contributed by atoms with Crippen molar-refractivity contribution in [2.75, 3.05) is 4.90 Å². The number of nitrogens with zero attached hydrogens (tertiary/aromatic N) is 1. The molecular formula is C66H57N. The van der Waals surface area contributed by atoms with Crippen LogP contribution in [0.5, 0.6) is 0 Å². The standard InChI is InChI=1S/C66H57N/c1-65(2,3)50-43-49(44-51(45-50)66(4,5)6)53-32-17-20-40-61(53)67(63-42-22-19-37-59(63)60-39-24-30-48-29-23-38-54(64(48)60)47-27-11-8-12-28-47)62-41-21-18-36-58(62)57-35-16-15-34-56(57)55-33-14-13-31-52(55)46-25-9-7-10-26-46/h7-45H,1-6H3. The summed E-state index contributed by atoms with van der Waals surface area (Å²) in [6.45, 7) is 13.9. The minimum atomic E-state index is -0.0472. The van der Waals surface area contributed by atoms with Gasteiger partial charge in [0.25, 0.3) is 0 Å². The first kappa shape index (κ1) is 43.2. The van der Waals surface area contributed by atoms with E-state index in [0.29, 0.717) is 0 Å². The molecule has 0 amide bonds. The molecule has 0 unspecified atom stereocenters. The molecule has 0 atom stereocenters. The van der Waals surface area contributed by atoms with Crippen molar-refractivity contribution >= 4 is 27.8 Å². The zero-order chi connectivity index (χ0) is 46.1. The average Bonchev–Trinajstić information content (AvgIpc) is 3.36. The van der Waals surface area contributed by atoms with Crippen LogP contribution in [0.25, 0.3) is 77.5 Å². The molecule has 0 aliphatic carbocycles. The van der Waals surface area contributed by atoms with Gasteiger partial charge in [0.05, 0.1) is 17.1 Å². The van der Waals surface area contributed by atoms with Crippen LogP contribution in [0.1, 0.15) is 52.7 Å². The second kappa shape index (κ2) is 17.9. The first-order chi connectivity index (χ1) is 32.5. The first-order valence-electron chi connectivity index (χ1n) is 23.6. The lowest BCUT2D eigenvalue weighted by atomic mass is 9.78. The highest BCUT2D eigenvalue weighted by Crippen LogP contribution is 2.51. The molecule has 0 radical (unpaired) electrons. The molecule has 0 saturated carbocycles. The minimum Gasteiger partial charge on any atom is -0.309 e. The van der Waals surface area contributed by atoms with Gasteiger partial charge < -0.3 is 4.90 Å². The number of fused-ring (bicyclic) bond motifs is 1. The monoisotopic (exact) mass is 863 g/mol. The van der Waals surface area contributed by atoms with Gasteiger partial charge in [-0.15, -0.1) is 0 Å². The third-order valence-electron chi connectivity index (χ3n) is 13.2. The van der Waals surface area contributed by atoms with E-state index in [9.17, 15) is 0 Å². The molecule has 0 aliphatic rings. The summed E-state index contributed by atoms with van der Waals surface area (Å²) in [7, 11) is 0. The van der Waals surface area contributed by atoms with Gasteiger partial charge in [0, 0.05) is 16.7 Å². The Bertz CT molecular complexity index is 3330. The molecular weight excluding hydrogens is 807 g/mol. The molecule has 326 valence electrons. The summed E-state index contributed by atoms with van der Waals surface area (Å²) in [4.78, 5) is 2.55. The highest BCUT2D eigenvalue weighted by atomic mass is 15.1. The number of rotatable bonds is 9. The van der Waals surface area contributed by atoms with Crippen LogP contribution in [-0.4, -0.2) is 0 Å². The molecule has 67 heavy (non-hydrogen) atoms. The van der Waals surface area contributed by atoms with Gasteiger partial charge in [0.15, 0.2) is 0 Å². The zero-order valence-corrected chi connectivity index (χ0v) is 39.5. The van der Waals surface area contributed by atoms with Gasteiger partial charge in [0.2, 0.25) is 0 Å². The Hall–Kier alpha value is -7.74. The predicted octanol–water partition coefficient (Wildman–Crippen LogP) is 18.9. The summed E-state index contributed by atoms with van der Waals surface area (Å²) < 4.78 is 0. The van der Waals surface area contributed by atoms with Gasteiger partial charge >= 0.3 is 0 Å². The van der Waals surface area contributed by atoms with Crippen LogP contribution in [0.2, 0.25) is 0 Å². The Morgan fingerprint density at radius 3 is 1.10 bits per heavy atom. The number of hydrogen-bond donors (Lipinski definition) is 0. The lowest BCUT2D eigenvalue weighted by Crippen LogP contribution is -2.17. The summed E-state index contributed by atoms with van der Waals surface area (Å²) in [6.07, 6.45) is 0. The number of benzene rings is 10. The van der Waals surface area contributed by atoms with E-state index in [1.54, 1.807) is 0 Å². The SMILES string of the molecule is CC(C)(C)c1cc(-c2ccccc2N(c2ccccc2-c2ccccc2-c2ccccc2-c2ccccc2)c2ccccc2-c2cccc3cccc(-c4ccccc4)c23)cc(C(C)(C)C)c1. The zero-order valence-electron chi connectivity index (χ0n) is 39.5. The minimum absolute atomic E-state index is 0.0472. The van der Waals surface area contributed by atoms with E-state index in [-0.39, 0.29) is 10.8 Å². The molecule has 10 aromatic carbocycles. The molecule has 1 heteroatoms. The second-order valence-electron chi connectivity index (χ2n) is 19.7. The molecule has 1 nitrogen and oxygen atoms in total. The Morgan fingerprint density at radius 1 is 0.254 bits per heavy atom. The molecule has 0 spiro atoms. The van der Waals surface area contributed by atoms with Crippen molar-refractivity contribution in [2.24, 2.45) is 0 Å². The normalized spacial score (nSPS) is 11.7.